The van der Waals surface area contributed by atoms with E-state index in [9.17, 15) is 5.11 Å². The molecular formula is C10H17ClN2O. The van der Waals surface area contributed by atoms with Crippen molar-refractivity contribution >= 4 is 12.4 Å². The van der Waals surface area contributed by atoms with Crippen LogP contribution >= 0.6 is 12.4 Å². The lowest BCUT2D eigenvalue weighted by Crippen LogP contribution is -2.56. The topological polar surface area (TPSA) is 56.0 Å². The Bertz CT molecular complexity index is 239. The highest BCUT2D eigenvalue weighted by Crippen LogP contribution is 2.52. The third-order valence-electron chi connectivity index (χ3n) is 3.74. The van der Waals surface area contributed by atoms with E-state index in [1.54, 1.807) is 0 Å². The van der Waals surface area contributed by atoms with Crippen molar-refractivity contribution in [3.05, 3.63) is 0 Å². The van der Waals surface area contributed by atoms with Crippen LogP contribution in [0.5, 0.6) is 0 Å². The molecule has 2 rings (SSSR count). The van der Waals surface area contributed by atoms with Gasteiger partial charge in [0.05, 0.1) is 17.1 Å². The van der Waals surface area contributed by atoms with Gasteiger partial charge in [0.15, 0.2) is 0 Å². The van der Waals surface area contributed by atoms with Crippen LogP contribution in [0.4, 0.5) is 0 Å². The molecule has 0 radical (unpaired) electrons. The van der Waals surface area contributed by atoms with Gasteiger partial charge in [-0.2, -0.15) is 5.26 Å². The summed E-state index contributed by atoms with van der Waals surface area (Å²) < 4.78 is 0. The quantitative estimate of drug-likeness (QED) is 0.693. The smallest absolute Gasteiger partial charge is 0.0861 e. The zero-order chi connectivity index (χ0) is 9.36. The molecular weight excluding hydrogens is 200 g/mol. The molecule has 0 aromatic carbocycles. The van der Waals surface area contributed by atoms with Gasteiger partial charge < -0.3 is 10.4 Å². The number of hydrogen-bond donors (Lipinski definition) is 2. The van der Waals surface area contributed by atoms with Gasteiger partial charge in [-0.25, -0.2) is 0 Å². The molecule has 1 saturated heterocycles. The summed E-state index contributed by atoms with van der Waals surface area (Å²) in [5.74, 6) is 0. The normalized spacial score (nSPS) is 28.0. The number of rotatable bonds is 1. The van der Waals surface area contributed by atoms with Crippen LogP contribution in [-0.2, 0) is 0 Å². The summed E-state index contributed by atoms with van der Waals surface area (Å²) in [6.45, 7) is 1.69. The van der Waals surface area contributed by atoms with Crippen molar-refractivity contribution in [2.24, 2.45) is 5.41 Å². The van der Waals surface area contributed by atoms with Crippen molar-refractivity contribution in [1.29, 1.82) is 5.26 Å². The zero-order valence-electron chi connectivity index (χ0n) is 8.25. The van der Waals surface area contributed by atoms with Crippen LogP contribution in [0, 0.1) is 16.7 Å². The summed E-state index contributed by atoms with van der Waals surface area (Å²) in [6.07, 6.45) is 4.35. The Labute approximate surface area is 90.9 Å². The van der Waals surface area contributed by atoms with Crippen LogP contribution < -0.4 is 5.32 Å². The first-order valence-electron chi connectivity index (χ1n) is 5.07. The minimum absolute atomic E-state index is 0. The van der Waals surface area contributed by atoms with Crippen LogP contribution in [0.25, 0.3) is 0 Å². The van der Waals surface area contributed by atoms with Crippen LogP contribution in [0.1, 0.15) is 32.1 Å². The molecule has 0 aromatic rings. The summed E-state index contributed by atoms with van der Waals surface area (Å²) in [4.78, 5) is 0. The SMILES string of the molecule is Cl.N#CC1(C2(O)CCNCC2)CCC1. The van der Waals surface area contributed by atoms with Crippen LogP contribution in [-0.4, -0.2) is 23.8 Å². The Hall–Kier alpha value is -0.300. The van der Waals surface area contributed by atoms with Gasteiger partial charge in [-0.05, 0) is 38.8 Å². The number of piperidine rings is 1. The second-order valence-electron chi connectivity index (χ2n) is 4.33. The van der Waals surface area contributed by atoms with Gasteiger partial charge in [0.2, 0.25) is 0 Å². The molecule has 1 aliphatic carbocycles. The molecule has 14 heavy (non-hydrogen) atoms. The Kier molecular flexibility index (Phi) is 3.41. The number of aliphatic hydroxyl groups is 1. The van der Waals surface area contributed by atoms with E-state index < -0.39 is 11.0 Å². The molecule has 0 bridgehead atoms. The lowest BCUT2D eigenvalue weighted by atomic mass is 9.57. The standard InChI is InChI=1S/C10H16N2O.ClH/c11-8-9(2-1-3-9)10(13)4-6-12-7-5-10;/h12-13H,1-7H2;1H. The molecule has 0 aromatic heterocycles. The number of halogens is 1. The highest BCUT2D eigenvalue weighted by atomic mass is 35.5. The van der Waals surface area contributed by atoms with E-state index in [0.29, 0.717) is 0 Å². The summed E-state index contributed by atoms with van der Waals surface area (Å²) in [6, 6.07) is 2.35. The van der Waals surface area contributed by atoms with E-state index in [0.717, 1.165) is 45.2 Å². The summed E-state index contributed by atoms with van der Waals surface area (Å²) >= 11 is 0. The fourth-order valence-electron chi connectivity index (χ4n) is 2.53. The van der Waals surface area contributed by atoms with Gasteiger partial charge in [0.1, 0.15) is 0 Å². The molecule has 1 heterocycles. The van der Waals surface area contributed by atoms with Gasteiger partial charge >= 0.3 is 0 Å². The van der Waals surface area contributed by atoms with E-state index in [4.69, 9.17) is 5.26 Å². The fraction of sp³-hybridized carbons (Fsp3) is 0.900. The van der Waals surface area contributed by atoms with Crippen LogP contribution in [0.2, 0.25) is 0 Å². The number of nitriles is 1. The zero-order valence-corrected chi connectivity index (χ0v) is 9.07. The van der Waals surface area contributed by atoms with Crippen molar-refractivity contribution < 1.29 is 5.11 Å². The fourth-order valence-corrected chi connectivity index (χ4v) is 2.53. The van der Waals surface area contributed by atoms with Gasteiger partial charge in [-0.1, -0.05) is 6.42 Å². The Morgan fingerprint density at radius 2 is 1.71 bits per heavy atom. The number of nitrogens with zero attached hydrogens (tertiary/aromatic N) is 1. The third-order valence-corrected chi connectivity index (χ3v) is 3.74. The monoisotopic (exact) mass is 216 g/mol. The van der Waals surface area contributed by atoms with Gasteiger partial charge in [-0.15, -0.1) is 12.4 Å². The first-order chi connectivity index (χ1) is 6.22. The van der Waals surface area contributed by atoms with Gasteiger partial charge in [0, 0.05) is 0 Å². The van der Waals surface area contributed by atoms with E-state index in [2.05, 4.69) is 11.4 Å². The van der Waals surface area contributed by atoms with E-state index >= 15 is 0 Å². The average Bonchev–Trinajstić information content (AvgIpc) is 2.04. The summed E-state index contributed by atoms with van der Waals surface area (Å²) in [7, 11) is 0. The highest BCUT2D eigenvalue weighted by Gasteiger charge is 2.54. The van der Waals surface area contributed by atoms with Gasteiger partial charge in [0.25, 0.3) is 0 Å². The molecule has 1 saturated carbocycles. The molecule has 0 spiro atoms. The minimum Gasteiger partial charge on any atom is -0.388 e. The molecule has 4 heteroatoms. The molecule has 2 N–H and O–H groups in total. The predicted molar refractivity (Wildman–Crippen MR) is 56.2 cm³/mol. The van der Waals surface area contributed by atoms with E-state index in [-0.39, 0.29) is 12.4 Å². The number of nitrogens with one attached hydrogen (secondary N) is 1. The Morgan fingerprint density at radius 1 is 1.14 bits per heavy atom. The number of hydrogen-bond acceptors (Lipinski definition) is 3. The maximum Gasteiger partial charge on any atom is 0.0861 e. The molecule has 3 nitrogen and oxygen atoms in total. The second kappa shape index (κ2) is 4.06. The van der Waals surface area contributed by atoms with Crippen molar-refractivity contribution in [3.8, 4) is 6.07 Å². The van der Waals surface area contributed by atoms with Crippen molar-refractivity contribution in [2.45, 2.75) is 37.7 Å². The lowest BCUT2D eigenvalue weighted by molar-refractivity contribution is -0.112. The molecule has 1 aliphatic heterocycles. The predicted octanol–water partition coefficient (Wildman–Crippen LogP) is 1.22. The maximum absolute atomic E-state index is 10.4. The molecule has 0 atom stereocenters. The molecule has 80 valence electrons. The Morgan fingerprint density at radius 3 is 2.07 bits per heavy atom. The highest BCUT2D eigenvalue weighted by molar-refractivity contribution is 5.85. The molecule has 0 unspecified atom stereocenters. The van der Waals surface area contributed by atoms with Gasteiger partial charge in [-0.3, -0.25) is 0 Å². The Balaban J connectivity index is 0.000000980. The summed E-state index contributed by atoms with van der Waals surface area (Å²) in [5, 5.41) is 22.7. The third kappa shape index (κ3) is 1.52. The van der Waals surface area contributed by atoms with Crippen LogP contribution in [0.15, 0.2) is 0 Å². The van der Waals surface area contributed by atoms with Crippen LogP contribution in [0.3, 0.4) is 0 Å². The lowest BCUT2D eigenvalue weighted by Gasteiger charge is -2.50. The molecule has 0 amide bonds. The minimum atomic E-state index is -0.703. The summed E-state index contributed by atoms with van der Waals surface area (Å²) in [5.41, 5.74) is -1.11. The van der Waals surface area contributed by atoms with E-state index in [1.165, 1.54) is 0 Å². The average molecular weight is 217 g/mol. The van der Waals surface area contributed by atoms with Crippen molar-refractivity contribution in [3.63, 3.8) is 0 Å². The second-order valence-corrected chi connectivity index (χ2v) is 4.33. The first kappa shape index (κ1) is 11.8. The van der Waals surface area contributed by atoms with Crippen molar-refractivity contribution in [1.82, 2.24) is 5.32 Å². The molecule has 2 fully saturated rings. The largest absolute Gasteiger partial charge is 0.388 e. The molecule has 2 aliphatic rings. The maximum atomic E-state index is 10.4. The van der Waals surface area contributed by atoms with E-state index in [1.807, 2.05) is 0 Å². The van der Waals surface area contributed by atoms with Crippen molar-refractivity contribution in [2.75, 3.05) is 13.1 Å². The first-order valence-corrected chi connectivity index (χ1v) is 5.07.